The lowest BCUT2D eigenvalue weighted by Gasteiger charge is -2.12. The summed E-state index contributed by atoms with van der Waals surface area (Å²) in [4.78, 5) is 10.5. The van der Waals surface area contributed by atoms with E-state index in [0.717, 1.165) is 41.0 Å². The number of rotatable bonds is 8. The normalized spacial score (nSPS) is 10.8. The average Bonchev–Trinajstić information content (AvgIpc) is 3.28. The molecule has 2 N–H and O–H groups in total. The molecule has 33 heavy (non-hydrogen) atoms. The van der Waals surface area contributed by atoms with Gasteiger partial charge in [0.15, 0.2) is 11.5 Å². The number of anilines is 1. The largest absolute Gasteiger partial charge is 0.502 e. The number of aromatic amines is 1. The number of H-pyrrole nitrogens is 1. The number of hydrogen-bond donors (Lipinski definition) is 2. The summed E-state index contributed by atoms with van der Waals surface area (Å²) >= 11 is 0. The molecule has 6 nitrogen and oxygen atoms in total. The number of phenols is 1. The monoisotopic (exact) mass is 443 g/mol. The van der Waals surface area contributed by atoms with E-state index in [2.05, 4.69) is 58.4 Å². The smallest absolute Gasteiger partial charge is 0.200 e. The summed E-state index contributed by atoms with van der Waals surface area (Å²) in [6.45, 7) is 0. The Balaban J connectivity index is 1.76. The third kappa shape index (κ3) is 4.80. The molecular weight excluding hydrogens is 414 g/mol. The average molecular weight is 444 g/mol. The maximum absolute atomic E-state index is 10.3. The van der Waals surface area contributed by atoms with Gasteiger partial charge in [0.25, 0.3) is 0 Å². The molecule has 0 aliphatic rings. The van der Waals surface area contributed by atoms with Crippen LogP contribution in [0.3, 0.4) is 0 Å². The highest BCUT2D eigenvalue weighted by molar-refractivity contribution is 5.72. The summed E-state index contributed by atoms with van der Waals surface area (Å²) in [7, 11) is 7.09. The van der Waals surface area contributed by atoms with Crippen LogP contribution in [0.2, 0.25) is 0 Å². The first kappa shape index (κ1) is 22.3. The van der Waals surface area contributed by atoms with Crippen LogP contribution in [0.15, 0.2) is 66.7 Å². The van der Waals surface area contributed by atoms with E-state index < -0.39 is 0 Å². The molecule has 4 aromatic rings. The summed E-state index contributed by atoms with van der Waals surface area (Å²) in [6, 6.07) is 22.3. The summed E-state index contributed by atoms with van der Waals surface area (Å²) in [5.41, 5.74) is 6.20. The van der Waals surface area contributed by atoms with Gasteiger partial charge >= 0.3 is 0 Å². The van der Waals surface area contributed by atoms with Crippen LogP contribution >= 0.6 is 0 Å². The fraction of sp³-hybridized carbons (Fsp3) is 0.222. The van der Waals surface area contributed by atoms with Crippen LogP contribution in [0, 0.1) is 0 Å². The van der Waals surface area contributed by atoms with Gasteiger partial charge in [0.05, 0.1) is 19.9 Å². The zero-order valence-electron chi connectivity index (χ0n) is 19.4. The van der Waals surface area contributed by atoms with E-state index in [9.17, 15) is 5.11 Å². The number of aromatic hydroxyl groups is 1. The molecule has 0 aliphatic heterocycles. The molecule has 0 unspecified atom stereocenters. The van der Waals surface area contributed by atoms with Crippen LogP contribution in [0.25, 0.3) is 22.6 Å². The predicted molar refractivity (Wildman–Crippen MR) is 132 cm³/mol. The van der Waals surface area contributed by atoms with Crippen molar-refractivity contribution >= 4 is 5.69 Å². The lowest BCUT2D eigenvalue weighted by atomic mass is 10.0. The Labute approximate surface area is 194 Å². The zero-order chi connectivity index (χ0) is 23.4. The van der Waals surface area contributed by atoms with E-state index in [1.807, 2.05) is 20.2 Å². The molecule has 0 fully saturated rings. The Hall–Kier alpha value is -3.93. The summed E-state index contributed by atoms with van der Waals surface area (Å²) in [5, 5.41) is 10.3. The number of phenolic OH excluding ortho intramolecular Hbond substituents is 1. The molecule has 0 saturated carbocycles. The van der Waals surface area contributed by atoms with Crippen molar-refractivity contribution in [2.75, 3.05) is 33.2 Å². The molecule has 0 amide bonds. The molecule has 1 aromatic heterocycles. The van der Waals surface area contributed by atoms with Crippen molar-refractivity contribution in [2.45, 2.75) is 12.8 Å². The molecule has 3 aromatic carbocycles. The van der Waals surface area contributed by atoms with Crippen molar-refractivity contribution in [1.82, 2.24) is 9.97 Å². The summed E-state index contributed by atoms with van der Waals surface area (Å²) in [5.74, 6) is 1.34. The van der Waals surface area contributed by atoms with Crippen LogP contribution in [0.5, 0.6) is 17.2 Å². The number of aryl methyl sites for hydroxylation is 2. The number of nitrogens with zero attached hydrogens (tertiary/aromatic N) is 2. The lowest BCUT2D eigenvalue weighted by Crippen LogP contribution is -2.07. The molecule has 0 saturated heterocycles. The first-order valence-corrected chi connectivity index (χ1v) is 10.9. The van der Waals surface area contributed by atoms with E-state index in [-0.39, 0.29) is 5.75 Å². The molecule has 170 valence electrons. The van der Waals surface area contributed by atoms with Gasteiger partial charge in [-0.15, -0.1) is 0 Å². The molecule has 4 rings (SSSR count). The van der Waals surface area contributed by atoms with Crippen molar-refractivity contribution < 1.29 is 14.6 Å². The summed E-state index contributed by atoms with van der Waals surface area (Å²) in [6.07, 6.45) is 1.71. The number of hydrogen-bond acceptors (Lipinski definition) is 5. The Bertz CT molecular complexity index is 1190. The number of ether oxygens (including phenoxy) is 2. The van der Waals surface area contributed by atoms with Gasteiger partial charge in [-0.05, 0) is 42.7 Å². The van der Waals surface area contributed by atoms with Crippen molar-refractivity contribution in [3.63, 3.8) is 0 Å². The number of imidazole rings is 1. The number of methoxy groups -OCH3 is 2. The van der Waals surface area contributed by atoms with Crippen molar-refractivity contribution in [2.24, 2.45) is 0 Å². The van der Waals surface area contributed by atoms with Gasteiger partial charge in [-0.3, -0.25) is 0 Å². The Kier molecular flexibility index (Phi) is 6.54. The minimum Gasteiger partial charge on any atom is -0.502 e. The molecular formula is C27H29N3O3. The second kappa shape index (κ2) is 9.69. The lowest BCUT2D eigenvalue weighted by molar-refractivity contribution is 0.340. The summed E-state index contributed by atoms with van der Waals surface area (Å²) < 4.78 is 10.7. The van der Waals surface area contributed by atoms with Crippen LogP contribution in [-0.4, -0.2) is 43.4 Å². The quantitative estimate of drug-likeness (QED) is 0.386. The first-order chi connectivity index (χ1) is 16.0. The van der Waals surface area contributed by atoms with Crippen LogP contribution in [-0.2, 0) is 12.8 Å². The molecule has 0 aliphatic carbocycles. The highest BCUT2D eigenvalue weighted by atomic mass is 16.5. The van der Waals surface area contributed by atoms with E-state index in [1.165, 1.54) is 19.8 Å². The predicted octanol–water partition coefficient (Wildman–Crippen LogP) is 5.32. The molecule has 0 atom stereocenters. The maximum Gasteiger partial charge on any atom is 0.200 e. The van der Waals surface area contributed by atoms with Crippen molar-refractivity contribution in [3.05, 3.63) is 78.0 Å². The van der Waals surface area contributed by atoms with Crippen LogP contribution in [0.1, 0.15) is 11.3 Å². The van der Waals surface area contributed by atoms with E-state index in [4.69, 9.17) is 14.5 Å². The molecule has 0 bridgehead atoms. The number of nitrogens with one attached hydrogen (secondary N) is 1. The molecule has 0 spiro atoms. The van der Waals surface area contributed by atoms with E-state index >= 15 is 0 Å². The van der Waals surface area contributed by atoms with Crippen molar-refractivity contribution in [3.8, 4) is 39.9 Å². The Morgan fingerprint density at radius 2 is 1.48 bits per heavy atom. The highest BCUT2D eigenvalue weighted by Gasteiger charge is 2.18. The van der Waals surface area contributed by atoms with Gasteiger partial charge in [-0.1, -0.05) is 42.5 Å². The SMILES string of the molecule is COc1cc(-c2nc(-c3ccc(N(C)C)cc3)c(CCc3ccccc3)[nH]2)cc(OC)c1O. The standard InChI is InChI=1S/C27H29N3O3/c1-30(2)21-13-11-19(12-14-21)25-22(15-10-18-8-6-5-7-9-18)28-27(29-25)20-16-23(32-3)26(31)24(17-20)33-4/h5-9,11-14,16-17,31H,10,15H2,1-4H3,(H,28,29). The van der Waals surface area contributed by atoms with E-state index in [0.29, 0.717) is 17.3 Å². The molecule has 1 heterocycles. The Morgan fingerprint density at radius 1 is 0.848 bits per heavy atom. The van der Waals surface area contributed by atoms with E-state index in [1.54, 1.807) is 12.1 Å². The highest BCUT2D eigenvalue weighted by Crippen LogP contribution is 2.40. The topological polar surface area (TPSA) is 70.6 Å². The van der Waals surface area contributed by atoms with Crippen molar-refractivity contribution in [1.29, 1.82) is 0 Å². The number of aromatic nitrogens is 2. The second-order valence-corrected chi connectivity index (χ2v) is 8.07. The van der Waals surface area contributed by atoms with Gasteiger partial charge in [-0.2, -0.15) is 0 Å². The molecule has 0 radical (unpaired) electrons. The van der Waals surface area contributed by atoms with Gasteiger partial charge in [0.1, 0.15) is 5.82 Å². The maximum atomic E-state index is 10.3. The third-order valence-corrected chi connectivity index (χ3v) is 5.70. The second-order valence-electron chi connectivity index (χ2n) is 8.07. The third-order valence-electron chi connectivity index (χ3n) is 5.70. The first-order valence-electron chi connectivity index (χ1n) is 10.9. The fourth-order valence-corrected chi connectivity index (χ4v) is 3.83. The molecule has 6 heteroatoms. The fourth-order valence-electron chi connectivity index (χ4n) is 3.83. The minimum atomic E-state index is -0.0286. The number of benzene rings is 3. The minimum absolute atomic E-state index is 0.0286. The van der Waals surface area contributed by atoms with Gasteiger partial charge in [0, 0.05) is 36.6 Å². The van der Waals surface area contributed by atoms with Gasteiger partial charge < -0.3 is 24.5 Å². The van der Waals surface area contributed by atoms with Gasteiger partial charge in [-0.25, -0.2) is 4.98 Å². The van der Waals surface area contributed by atoms with Crippen LogP contribution < -0.4 is 14.4 Å². The Morgan fingerprint density at radius 3 is 2.06 bits per heavy atom. The van der Waals surface area contributed by atoms with Crippen LogP contribution in [0.4, 0.5) is 5.69 Å². The zero-order valence-corrected chi connectivity index (χ0v) is 19.4. The van der Waals surface area contributed by atoms with Gasteiger partial charge in [0.2, 0.25) is 5.75 Å².